The second kappa shape index (κ2) is 3.83. The van der Waals surface area contributed by atoms with Crippen molar-refractivity contribution in [1.29, 1.82) is 0 Å². The van der Waals surface area contributed by atoms with Gasteiger partial charge in [-0.3, -0.25) is 0 Å². The molecule has 1 saturated heterocycles. The molecule has 3 N–H and O–H groups in total. The van der Waals surface area contributed by atoms with E-state index < -0.39 is 36.9 Å². The molecule has 0 aromatic rings. The number of alkyl halides is 2. The van der Waals surface area contributed by atoms with Gasteiger partial charge in [0.25, 0.3) is 6.43 Å². The minimum Gasteiger partial charge on any atom is -0.388 e. The summed E-state index contributed by atoms with van der Waals surface area (Å²) in [6.45, 7) is 1.36. The van der Waals surface area contributed by atoms with Crippen molar-refractivity contribution in [1.82, 2.24) is 0 Å². The van der Waals surface area contributed by atoms with Crippen molar-refractivity contribution in [3.05, 3.63) is 0 Å². The van der Waals surface area contributed by atoms with Crippen LogP contribution in [0.25, 0.3) is 0 Å². The molecule has 0 aromatic heterocycles. The lowest BCUT2D eigenvalue weighted by molar-refractivity contribution is -0.244. The minimum atomic E-state index is -2.88. The largest absolute Gasteiger partial charge is 0.388 e. The van der Waals surface area contributed by atoms with Gasteiger partial charge in [0.1, 0.15) is 24.4 Å². The number of aliphatic hydroxyl groups is 3. The highest BCUT2D eigenvalue weighted by molar-refractivity contribution is 4.91. The average molecular weight is 198 g/mol. The van der Waals surface area contributed by atoms with E-state index in [-0.39, 0.29) is 0 Å². The Hall–Kier alpha value is -0.300. The summed E-state index contributed by atoms with van der Waals surface area (Å²) in [6, 6.07) is 0. The maximum Gasteiger partial charge on any atom is 0.267 e. The van der Waals surface area contributed by atoms with Gasteiger partial charge in [-0.2, -0.15) is 0 Å². The molecule has 1 fully saturated rings. The Balaban J connectivity index is 2.70. The monoisotopic (exact) mass is 198 g/mol. The van der Waals surface area contributed by atoms with Crippen LogP contribution in [-0.4, -0.2) is 52.3 Å². The van der Waals surface area contributed by atoms with Crippen molar-refractivity contribution in [2.24, 2.45) is 0 Å². The molecule has 1 aliphatic heterocycles. The maximum absolute atomic E-state index is 12.2. The van der Waals surface area contributed by atoms with E-state index in [1.54, 1.807) is 0 Å². The highest BCUT2D eigenvalue weighted by atomic mass is 19.3. The normalized spacial score (nSPS) is 46.8. The second-order valence-electron chi connectivity index (χ2n) is 3.11. The van der Waals surface area contributed by atoms with Gasteiger partial charge in [0.05, 0.1) is 6.10 Å². The van der Waals surface area contributed by atoms with Gasteiger partial charge in [0.2, 0.25) is 0 Å². The Kier molecular flexibility index (Phi) is 3.18. The van der Waals surface area contributed by atoms with E-state index in [1.807, 2.05) is 0 Å². The van der Waals surface area contributed by atoms with Gasteiger partial charge in [0, 0.05) is 0 Å². The first-order chi connectivity index (χ1) is 5.95. The summed E-state index contributed by atoms with van der Waals surface area (Å²) >= 11 is 0. The van der Waals surface area contributed by atoms with Gasteiger partial charge in [-0.25, -0.2) is 8.78 Å². The van der Waals surface area contributed by atoms with E-state index >= 15 is 0 Å². The zero-order chi connectivity index (χ0) is 10.2. The number of hydrogen-bond donors (Lipinski definition) is 3. The van der Waals surface area contributed by atoms with Crippen molar-refractivity contribution in [2.45, 2.75) is 43.9 Å². The first kappa shape index (κ1) is 10.8. The summed E-state index contributed by atoms with van der Waals surface area (Å²) in [7, 11) is 0. The van der Waals surface area contributed by atoms with Gasteiger partial charge in [-0.05, 0) is 6.92 Å². The van der Waals surface area contributed by atoms with Crippen molar-refractivity contribution in [3.63, 3.8) is 0 Å². The summed E-state index contributed by atoms with van der Waals surface area (Å²) in [5.41, 5.74) is 0. The third kappa shape index (κ3) is 1.96. The van der Waals surface area contributed by atoms with Gasteiger partial charge >= 0.3 is 0 Å². The molecule has 0 unspecified atom stereocenters. The van der Waals surface area contributed by atoms with Crippen LogP contribution in [0.15, 0.2) is 0 Å². The van der Waals surface area contributed by atoms with Gasteiger partial charge in [0.15, 0.2) is 0 Å². The van der Waals surface area contributed by atoms with Crippen molar-refractivity contribution in [3.8, 4) is 0 Å². The summed E-state index contributed by atoms with van der Waals surface area (Å²) in [6.07, 6.45) is -10.2. The van der Waals surface area contributed by atoms with E-state index in [0.717, 1.165) is 0 Å². The van der Waals surface area contributed by atoms with E-state index in [4.69, 9.17) is 15.3 Å². The van der Waals surface area contributed by atoms with Crippen LogP contribution in [0.3, 0.4) is 0 Å². The molecular weight excluding hydrogens is 186 g/mol. The molecule has 6 heteroatoms. The van der Waals surface area contributed by atoms with E-state index in [0.29, 0.717) is 0 Å². The molecule has 0 amide bonds. The predicted molar refractivity (Wildman–Crippen MR) is 38.4 cm³/mol. The fourth-order valence-electron chi connectivity index (χ4n) is 1.29. The summed E-state index contributed by atoms with van der Waals surface area (Å²) in [5, 5.41) is 27.3. The molecule has 13 heavy (non-hydrogen) atoms. The average Bonchev–Trinajstić information content (AvgIpc) is 2.07. The fraction of sp³-hybridized carbons (Fsp3) is 1.00. The Morgan fingerprint density at radius 1 is 1.08 bits per heavy atom. The van der Waals surface area contributed by atoms with Crippen molar-refractivity contribution >= 4 is 0 Å². The number of rotatable bonds is 1. The molecule has 1 heterocycles. The van der Waals surface area contributed by atoms with Crippen LogP contribution in [0.4, 0.5) is 8.78 Å². The molecule has 5 atom stereocenters. The Bertz CT molecular complexity index is 178. The molecule has 0 radical (unpaired) electrons. The SMILES string of the molecule is C[C@@H]1O[C@@H](C(F)F)[C@@H](O)[C@H](O)[C@@H]1O. The zero-order valence-electron chi connectivity index (χ0n) is 6.97. The van der Waals surface area contributed by atoms with Crippen LogP contribution in [0.5, 0.6) is 0 Å². The number of hydrogen-bond acceptors (Lipinski definition) is 4. The molecule has 4 nitrogen and oxygen atoms in total. The molecular formula is C7H12F2O4. The minimum absolute atomic E-state index is 0.905. The van der Waals surface area contributed by atoms with Crippen molar-refractivity contribution in [2.75, 3.05) is 0 Å². The molecule has 0 aromatic carbocycles. The zero-order valence-corrected chi connectivity index (χ0v) is 6.97. The molecule has 1 rings (SSSR count). The van der Waals surface area contributed by atoms with Gasteiger partial charge in [-0.1, -0.05) is 0 Å². The smallest absolute Gasteiger partial charge is 0.267 e. The molecule has 0 saturated carbocycles. The lowest BCUT2D eigenvalue weighted by Crippen LogP contribution is -2.58. The molecule has 78 valence electrons. The van der Waals surface area contributed by atoms with E-state index in [2.05, 4.69) is 4.74 Å². The van der Waals surface area contributed by atoms with Gasteiger partial charge in [-0.15, -0.1) is 0 Å². The Labute approximate surface area is 73.8 Å². The van der Waals surface area contributed by atoms with E-state index in [1.165, 1.54) is 6.92 Å². The topological polar surface area (TPSA) is 69.9 Å². The maximum atomic E-state index is 12.2. The molecule has 1 aliphatic rings. The first-order valence-corrected chi connectivity index (χ1v) is 3.93. The molecule has 0 aliphatic carbocycles. The second-order valence-corrected chi connectivity index (χ2v) is 3.11. The number of aliphatic hydroxyl groups excluding tert-OH is 3. The Morgan fingerprint density at radius 2 is 1.62 bits per heavy atom. The fourth-order valence-corrected chi connectivity index (χ4v) is 1.29. The molecule has 0 bridgehead atoms. The van der Waals surface area contributed by atoms with E-state index in [9.17, 15) is 8.78 Å². The Morgan fingerprint density at radius 3 is 2.08 bits per heavy atom. The van der Waals surface area contributed by atoms with Crippen LogP contribution in [0.1, 0.15) is 6.92 Å². The summed E-state index contributed by atoms with van der Waals surface area (Å²) in [5.74, 6) is 0. The third-order valence-electron chi connectivity index (χ3n) is 2.14. The first-order valence-electron chi connectivity index (χ1n) is 3.93. The van der Waals surface area contributed by atoms with Crippen molar-refractivity contribution < 1.29 is 28.8 Å². The van der Waals surface area contributed by atoms with Gasteiger partial charge < -0.3 is 20.1 Å². The summed E-state index contributed by atoms with van der Waals surface area (Å²) < 4.78 is 29.0. The highest BCUT2D eigenvalue weighted by Gasteiger charge is 2.45. The molecule has 0 spiro atoms. The van der Waals surface area contributed by atoms with Crippen LogP contribution in [0, 0.1) is 0 Å². The lowest BCUT2D eigenvalue weighted by Gasteiger charge is -2.38. The van der Waals surface area contributed by atoms with Crippen LogP contribution >= 0.6 is 0 Å². The highest BCUT2D eigenvalue weighted by Crippen LogP contribution is 2.24. The van der Waals surface area contributed by atoms with Crippen LogP contribution < -0.4 is 0 Å². The predicted octanol–water partition coefficient (Wildman–Crippen LogP) is -0.879. The number of ether oxygens (including phenoxy) is 1. The summed E-state index contributed by atoms with van der Waals surface area (Å²) in [4.78, 5) is 0. The standard InChI is InChI=1S/C7H12F2O4/c1-2-3(10)4(11)5(12)6(13-2)7(8)9/h2-7,10-12H,1H3/t2-,3+,4+,5-,6+/m0/s1. The third-order valence-corrected chi connectivity index (χ3v) is 2.14. The quantitative estimate of drug-likeness (QED) is 0.512. The number of halogens is 2. The van der Waals surface area contributed by atoms with Crippen LogP contribution in [0.2, 0.25) is 0 Å². The van der Waals surface area contributed by atoms with Crippen LogP contribution in [-0.2, 0) is 4.74 Å². The lowest BCUT2D eigenvalue weighted by atomic mass is 9.96.